The molecule has 0 radical (unpaired) electrons. The highest BCUT2D eigenvalue weighted by molar-refractivity contribution is 5.83. The lowest BCUT2D eigenvalue weighted by atomic mass is 9.73. The molecule has 1 aromatic rings. The van der Waals surface area contributed by atoms with Crippen LogP contribution in [-0.2, 0) is 14.9 Å². The quantitative estimate of drug-likeness (QED) is 0.817. The molecule has 1 N–H and O–H groups in total. The van der Waals surface area contributed by atoms with Crippen LogP contribution in [0.3, 0.4) is 0 Å². The van der Waals surface area contributed by atoms with Gasteiger partial charge in [0.1, 0.15) is 0 Å². The Bertz CT molecular complexity index is 439. The number of benzene rings is 1. The highest BCUT2D eigenvalue weighted by Crippen LogP contribution is 2.36. The minimum absolute atomic E-state index is 0.0775. The van der Waals surface area contributed by atoms with Crippen molar-refractivity contribution in [1.29, 1.82) is 0 Å². The second-order valence-electron chi connectivity index (χ2n) is 5.56. The van der Waals surface area contributed by atoms with E-state index < -0.39 is 5.41 Å². The third-order valence-electron chi connectivity index (χ3n) is 4.19. The van der Waals surface area contributed by atoms with Crippen LogP contribution in [0.1, 0.15) is 38.7 Å². The van der Waals surface area contributed by atoms with Gasteiger partial charge in [-0.1, -0.05) is 37.3 Å². The van der Waals surface area contributed by atoms with Crippen LogP contribution in [-0.4, -0.2) is 37.2 Å². The second-order valence-corrected chi connectivity index (χ2v) is 5.56. The molecule has 0 saturated carbocycles. The molecular formula is C17H26N2O2. The molecule has 4 heteroatoms. The molecule has 0 bridgehead atoms. The van der Waals surface area contributed by atoms with Crippen LogP contribution in [0.5, 0.6) is 0 Å². The molecule has 1 fully saturated rings. The number of piperidine rings is 1. The maximum atomic E-state index is 12.6. The van der Waals surface area contributed by atoms with E-state index in [1.165, 1.54) is 0 Å². The van der Waals surface area contributed by atoms with Crippen LogP contribution in [0.15, 0.2) is 30.3 Å². The molecule has 21 heavy (non-hydrogen) atoms. The molecule has 1 aliphatic rings. The largest absolute Gasteiger partial charge is 0.465 e. The Morgan fingerprint density at radius 2 is 1.90 bits per heavy atom. The van der Waals surface area contributed by atoms with Gasteiger partial charge in [0.25, 0.3) is 0 Å². The average molecular weight is 290 g/mol. The van der Waals surface area contributed by atoms with E-state index in [0.29, 0.717) is 6.61 Å². The van der Waals surface area contributed by atoms with Gasteiger partial charge in [-0.05, 0) is 31.7 Å². The predicted octanol–water partition coefficient (Wildman–Crippen LogP) is 2.50. The number of hydrogen-bond acceptors (Lipinski definition) is 4. The first-order valence-electron chi connectivity index (χ1n) is 7.94. The zero-order valence-corrected chi connectivity index (χ0v) is 13.1. The number of esters is 1. The maximum absolute atomic E-state index is 12.6. The summed E-state index contributed by atoms with van der Waals surface area (Å²) in [5.74, 6) is -0.0775. The predicted molar refractivity (Wildman–Crippen MR) is 83.9 cm³/mol. The van der Waals surface area contributed by atoms with Crippen LogP contribution in [0, 0.1) is 0 Å². The van der Waals surface area contributed by atoms with Gasteiger partial charge in [-0.2, -0.15) is 0 Å². The number of hydrazine groups is 1. The van der Waals surface area contributed by atoms with Crippen molar-refractivity contribution in [1.82, 2.24) is 10.4 Å². The van der Waals surface area contributed by atoms with Crippen LogP contribution in [0.2, 0.25) is 0 Å². The normalized spacial score (nSPS) is 18.4. The summed E-state index contributed by atoms with van der Waals surface area (Å²) in [5.41, 5.74) is 4.01. The fourth-order valence-electron chi connectivity index (χ4n) is 2.95. The lowest BCUT2D eigenvalue weighted by Gasteiger charge is -2.40. The summed E-state index contributed by atoms with van der Waals surface area (Å²) in [6.45, 7) is 7.18. The molecule has 1 aromatic carbocycles. The smallest absolute Gasteiger partial charge is 0.316 e. The van der Waals surface area contributed by atoms with E-state index in [1.54, 1.807) is 0 Å². The van der Waals surface area contributed by atoms with E-state index >= 15 is 0 Å². The average Bonchev–Trinajstić information content (AvgIpc) is 2.54. The zero-order chi connectivity index (χ0) is 15.1. The molecule has 1 heterocycles. The minimum atomic E-state index is -0.484. The zero-order valence-electron chi connectivity index (χ0n) is 13.1. The Morgan fingerprint density at radius 3 is 2.48 bits per heavy atom. The summed E-state index contributed by atoms with van der Waals surface area (Å²) < 4.78 is 5.38. The van der Waals surface area contributed by atoms with Gasteiger partial charge in [-0.3, -0.25) is 10.2 Å². The molecule has 0 aliphatic carbocycles. The van der Waals surface area contributed by atoms with Gasteiger partial charge in [0.2, 0.25) is 0 Å². The van der Waals surface area contributed by atoms with Crippen LogP contribution in [0.4, 0.5) is 0 Å². The van der Waals surface area contributed by atoms with Crippen LogP contribution < -0.4 is 5.43 Å². The lowest BCUT2D eigenvalue weighted by Crippen LogP contribution is -2.52. The SMILES string of the molecule is CCCNN1CCC(C(=O)OCC)(c2ccccc2)CC1. The number of nitrogens with one attached hydrogen (secondary N) is 1. The van der Waals surface area contributed by atoms with Crippen molar-refractivity contribution < 1.29 is 9.53 Å². The van der Waals surface area contributed by atoms with Gasteiger partial charge in [-0.15, -0.1) is 0 Å². The molecule has 0 amide bonds. The van der Waals surface area contributed by atoms with Crippen molar-refractivity contribution >= 4 is 5.97 Å². The van der Waals surface area contributed by atoms with Crippen molar-refractivity contribution in [2.24, 2.45) is 0 Å². The van der Waals surface area contributed by atoms with Crippen molar-refractivity contribution in [2.75, 3.05) is 26.2 Å². The molecule has 0 atom stereocenters. The van der Waals surface area contributed by atoms with Crippen molar-refractivity contribution in [3.63, 3.8) is 0 Å². The topological polar surface area (TPSA) is 41.6 Å². The van der Waals surface area contributed by atoms with E-state index in [0.717, 1.165) is 44.5 Å². The number of ether oxygens (including phenoxy) is 1. The lowest BCUT2D eigenvalue weighted by molar-refractivity contribution is -0.152. The third kappa shape index (κ3) is 3.63. The fourth-order valence-corrected chi connectivity index (χ4v) is 2.95. The molecule has 0 aromatic heterocycles. The van der Waals surface area contributed by atoms with E-state index in [9.17, 15) is 4.79 Å². The van der Waals surface area contributed by atoms with Crippen molar-refractivity contribution in [3.8, 4) is 0 Å². The van der Waals surface area contributed by atoms with E-state index in [1.807, 2.05) is 37.3 Å². The monoisotopic (exact) mass is 290 g/mol. The van der Waals surface area contributed by atoms with Crippen molar-refractivity contribution in [3.05, 3.63) is 35.9 Å². The number of rotatable bonds is 6. The molecule has 0 spiro atoms. The van der Waals surface area contributed by atoms with Crippen molar-refractivity contribution in [2.45, 2.75) is 38.5 Å². The third-order valence-corrected chi connectivity index (χ3v) is 4.19. The maximum Gasteiger partial charge on any atom is 0.316 e. The molecule has 1 saturated heterocycles. The highest BCUT2D eigenvalue weighted by Gasteiger charge is 2.44. The Hall–Kier alpha value is -1.39. The molecule has 4 nitrogen and oxygen atoms in total. The Morgan fingerprint density at radius 1 is 1.24 bits per heavy atom. The highest BCUT2D eigenvalue weighted by atomic mass is 16.5. The van der Waals surface area contributed by atoms with Crippen LogP contribution in [0.25, 0.3) is 0 Å². The van der Waals surface area contributed by atoms with E-state index in [4.69, 9.17) is 4.74 Å². The fraction of sp³-hybridized carbons (Fsp3) is 0.588. The minimum Gasteiger partial charge on any atom is -0.465 e. The van der Waals surface area contributed by atoms with Gasteiger partial charge in [-0.25, -0.2) is 5.01 Å². The van der Waals surface area contributed by atoms with Gasteiger partial charge < -0.3 is 4.74 Å². The summed E-state index contributed by atoms with van der Waals surface area (Å²) in [5, 5.41) is 2.23. The summed E-state index contributed by atoms with van der Waals surface area (Å²) in [7, 11) is 0. The summed E-state index contributed by atoms with van der Waals surface area (Å²) in [6.07, 6.45) is 2.71. The summed E-state index contributed by atoms with van der Waals surface area (Å²) >= 11 is 0. The number of carbonyl (C=O) groups is 1. The summed E-state index contributed by atoms with van der Waals surface area (Å²) in [6, 6.07) is 10.1. The second kappa shape index (κ2) is 7.57. The molecule has 2 rings (SSSR count). The van der Waals surface area contributed by atoms with Gasteiger partial charge in [0.15, 0.2) is 0 Å². The van der Waals surface area contributed by atoms with Gasteiger partial charge in [0, 0.05) is 19.6 Å². The number of hydrogen-bond donors (Lipinski definition) is 1. The first-order chi connectivity index (χ1) is 10.2. The molecule has 0 unspecified atom stereocenters. The Labute approximate surface area is 127 Å². The first kappa shape index (κ1) is 16.0. The first-order valence-corrected chi connectivity index (χ1v) is 7.94. The molecular weight excluding hydrogens is 264 g/mol. The molecule has 116 valence electrons. The van der Waals surface area contributed by atoms with Gasteiger partial charge >= 0.3 is 5.97 Å². The molecule has 1 aliphatic heterocycles. The number of nitrogens with zero attached hydrogens (tertiary/aromatic N) is 1. The summed E-state index contributed by atoms with van der Waals surface area (Å²) in [4.78, 5) is 12.6. The Balaban J connectivity index is 2.14. The van der Waals surface area contributed by atoms with Gasteiger partial charge in [0.05, 0.1) is 12.0 Å². The van der Waals surface area contributed by atoms with E-state index in [2.05, 4.69) is 17.4 Å². The Kier molecular flexibility index (Phi) is 5.76. The van der Waals surface area contributed by atoms with Crippen LogP contribution >= 0.6 is 0 Å². The standard InChI is InChI=1S/C17H26N2O2/c1-3-12-18-19-13-10-17(11-14-19,16(20)21-4-2)15-8-6-5-7-9-15/h5-9,18H,3-4,10-14H2,1-2H3. The number of carbonyl (C=O) groups excluding carboxylic acids is 1. The van der Waals surface area contributed by atoms with E-state index in [-0.39, 0.29) is 5.97 Å².